The van der Waals surface area contributed by atoms with E-state index in [4.69, 9.17) is 5.73 Å². The van der Waals surface area contributed by atoms with Crippen molar-refractivity contribution in [3.05, 3.63) is 144 Å². The molecule has 0 amide bonds. The predicted octanol–water partition coefficient (Wildman–Crippen LogP) is 5.62. The molecule has 0 saturated heterocycles. The lowest BCUT2D eigenvalue weighted by Gasteiger charge is -2.24. The molecule has 0 aromatic heterocycles. The number of hydrogen-bond acceptors (Lipinski definition) is 1. The molecule has 136 valence electrons. The minimum atomic E-state index is -0.516. The Morgan fingerprint density at radius 3 is 1.25 bits per heavy atom. The smallest absolute Gasteiger partial charge is 0.0637 e. The van der Waals surface area contributed by atoms with Crippen molar-refractivity contribution in [1.29, 1.82) is 0 Å². The Balaban J connectivity index is 1.83. The zero-order valence-corrected chi connectivity index (χ0v) is 15.7. The van der Waals surface area contributed by atoms with Crippen molar-refractivity contribution in [2.75, 3.05) is 0 Å². The van der Waals surface area contributed by atoms with Gasteiger partial charge in [0, 0.05) is 5.92 Å². The van der Waals surface area contributed by atoms with Crippen molar-refractivity contribution in [3.63, 3.8) is 0 Å². The van der Waals surface area contributed by atoms with Gasteiger partial charge in [-0.1, -0.05) is 121 Å². The van der Waals surface area contributed by atoms with E-state index in [2.05, 4.69) is 121 Å². The van der Waals surface area contributed by atoms with Crippen LogP contribution in [0.5, 0.6) is 0 Å². The van der Waals surface area contributed by atoms with Crippen molar-refractivity contribution in [3.8, 4) is 0 Å². The van der Waals surface area contributed by atoms with Crippen molar-refractivity contribution in [2.24, 2.45) is 5.73 Å². The van der Waals surface area contributed by atoms with Crippen molar-refractivity contribution in [2.45, 2.75) is 16.9 Å². The lowest BCUT2D eigenvalue weighted by atomic mass is 9.80. The van der Waals surface area contributed by atoms with Gasteiger partial charge >= 0.3 is 0 Å². The monoisotopic (exact) mass is 361 g/mol. The standard InChI is InChI=1S/C27H23N/c28-27(24-19-11-4-12-20-24)25(21-13-5-1-6-14-21)26(27,22-15-7-2-8-16-22)23-17-9-3-10-18-23/h1-20,25H,28H2. The number of rotatable bonds is 4. The molecule has 4 aromatic carbocycles. The predicted molar refractivity (Wildman–Crippen MR) is 115 cm³/mol. The summed E-state index contributed by atoms with van der Waals surface area (Å²) in [7, 11) is 0. The van der Waals surface area contributed by atoms with Crippen LogP contribution in [0.4, 0.5) is 0 Å². The van der Waals surface area contributed by atoms with E-state index in [1.165, 1.54) is 22.3 Å². The molecular weight excluding hydrogens is 338 g/mol. The quantitative estimate of drug-likeness (QED) is 0.501. The molecule has 1 aliphatic rings. The normalized spacial score (nSPS) is 22.5. The minimum absolute atomic E-state index is 0.161. The zero-order valence-electron chi connectivity index (χ0n) is 15.7. The van der Waals surface area contributed by atoms with Gasteiger partial charge in [0.25, 0.3) is 0 Å². The second kappa shape index (κ2) is 6.47. The fraction of sp³-hybridized carbons (Fsp3) is 0.111. The first-order valence-corrected chi connectivity index (χ1v) is 9.80. The molecule has 1 saturated carbocycles. The van der Waals surface area contributed by atoms with Crippen molar-refractivity contribution < 1.29 is 0 Å². The summed E-state index contributed by atoms with van der Waals surface area (Å²) in [4.78, 5) is 0. The first kappa shape index (κ1) is 17.0. The molecule has 0 aliphatic heterocycles. The first-order chi connectivity index (χ1) is 13.8. The summed E-state index contributed by atoms with van der Waals surface area (Å²) in [5.41, 5.74) is 11.6. The zero-order chi connectivity index (χ0) is 19.0. The SMILES string of the molecule is NC1(c2ccccc2)C(c2ccccc2)C1(c1ccccc1)c1ccccc1. The minimum Gasteiger partial charge on any atom is -0.320 e. The molecule has 0 radical (unpaired) electrons. The van der Waals surface area contributed by atoms with Crippen LogP contribution in [0.15, 0.2) is 121 Å². The highest BCUT2D eigenvalue weighted by atomic mass is 15.0. The second-order valence-electron chi connectivity index (χ2n) is 7.62. The fourth-order valence-corrected chi connectivity index (χ4v) is 5.14. The summed E-state index contributed by atoms with van der Waals surface area (Å²) < 4.78 is 0. The van der Waals surface area contributed by atoms with Gasteiger partial charge in [-0.3, -0.25) is 0 Å². The van der Waals surface area contributed by atoms with Crippen LogP contribution >= 0.6 is 0 Å². The van der Waals surface area contributed by atoms with Gasteiger partial charge in [-0.25, -0.2) is 0 Å². The maximum absolute atomic E-state index is 7.39. The van der Waals surface area contributed by atoms with Gasteiger partial charge in [0.1, 0.15) is 0 Å². The molecule has 1 heteroatoms. The van der Waals surface area contributed by atoms with E-state index in [0.29, 0.717) is 0 Å². The largest absolute Gasteiger partial charge is 0.320 e. The second-order valence-corrected chi connectivity index (χ2v) is 7.62. The molecule has 28 heavy (non-hydrogen) atoms. The fourth-order valence-electron chi connectivity index (χ4n) is 5.14. The highest BCUT2D eigenvalue weighted by molar-refractivity contribution is 5.65. The topological polar surface area (TPSA) is 26.0 Å². The Hall–Kier alpha value is -3.16. The van der Waals surface area contributed by atoms with E-state index in [9.17, 15) is 0 Å². The molecular formula is C27H23N. The number of nitrogens with two attached hydrogens (primary N) is 1. The van der Waals surface area contributed by atoms with Gasteiger partial charge in [-0.15, -0.1) is 0 Å². The molecule has 0 spiro atoms. The van der Waals surface area contributed by atoms with Crippen LogP contribution in [0.2, 0.25) is 0 Å². The lowest BCUT2D eigenvalue weighted by molar-refractivity contribution is 0.621. The summed E-state index contributed by atoms with van der Waals surface area (Å²) in [5.74, 6) is 0.161. The number of hydrogen-bond donors (Lipinski definition) is 1. The van der Waals surface area contributed by atoms with Gasteiger partial charge in [-0.05, 0) is 22.3 Å². The van der Waals surface area contributed by atoms with Gasteiger partial charge in [0.2, 0.25) is 0 Å². The Bertz CT molecular complexity index is 1020. The van der Waals surface area contributed by atoms with Gasteiger partial charge in [0.05, 0.1) is 11.0 Å². The lowest BCUT2D eigenvalue weighted by Crippen LogP contribution is -2.32. The van der Waals surface area contributed by atoms with Crippen LogP contribution in [0, 0.1) is 0 Å². The third-order valence-corrected chi connectivity index (χ3v) is 6.30. The van der Waals surface area contributed by atoms with Gasteiger partial charge < -0.3 is 5.73 Å². The summed E-state index contributed by atoms with van der Waals surface area (Å²) in [6.07, 6.45) is 0. The van der Waals surface area contributed by atoms with E-state index in [0.717, 1.165) is 0 Å². The number of benzene rings is 4. The van der Waals surface area contributed by atoms with E-state index in [1.54, 1.807) is 0 Å². The Morgan fingerprint density at radius 1 is 0.464 bits per heavy atom. The van der Waals surface area contributed by atoms with Crippen LogP contribution in [-0.2, 0) is 11.0 Å². The summed E-state index contributed by atoms with van der Waals surface area (Å²) in [5, 5.41) is 0. The van der Waals surface area contributed by atoms with Crippen LogP contribution in [0.3, 0.4) is 0 Å². The summed E-state index contributed by atoms with van der Waals surface area (Å²) >= 11 is 0. The molecule has 2 unspecified atom stereocenters. The molecule has 0 bridgehead atoms. The molecule has 1 fully saturated rings. The highest BCUT2D eigenvalue weighted by Gasteiger charge is 2.76. The third kappa shape index (κ3) is 2.23. The average molecular weight is 361 g/mol. The van der Waals surface area contributed by atoms with Crippen LogP contribution in [-0.4, -0.2) is 0 Å². The van der Waals surface area contributed by atoms with E-state index < -0.39 is 5.54 Å². The molecule has 2 N–H and O–H groups in total. The Kier molecular flexibility index (Phi) is 3.92. The third-order valence-electron chi connectivity index (χ3n) is 6.30. The molecule has 5 rings (SSSR count). The van der Waals surface area contributed by atoms with Crippen molar-refractivity contribution >= 4 is 0 Å². The molecule has 1 nitrogen and oxygen atoms in total. The van der Waals surface area contributed by atoms with Crippen LogP contribution in [0.25, 0.3) is 0 Å². The van der Waals surface area contributed by atoms with E-state index in [1.807, 2.05) is 0 Å². The summed E-state index contributed by atoms with van der Waals surface area (Å²) in [6, 6.07) is 42.8. The molecule has 4 aromatic rings. The van der Waals surface area contributed by atoms with Gasteiger partial charge in [-0.2, -0.15) is 0 Å². The van der Waals surface area contributed by atoms with Gasteiger partial charge in [0.15, 0.2) is 0 Å². The summed E-state index contributed by atoms with van der Waals surface area (Å²) in [6.45, 7) is 0. The van der Waals surface area contributed by atoms with Crippen LogP contribution < -0.4 is 5.73 Å². The Labute approximate surface area is 166 Å². The van der Waals surface area contributed by atoms with E-state index in [-0.39, 0.29) is 11.3 Å². The molecule has 2 atom stereocenters. The van der Waals surface area contributed by atoms with E-state index >= 15 is 0 Å². The molecule has 0 heterocycles. The maximum Gasteiger partial charge on any atom is 0.0637 e. The maximum atomic E-state index is 7.39. The average Bonchev–Trinajstić information content (AvgIpc) is 3.38. The van der Waals surface area contributed by atoms with Crippen LogP contribution in [0.1, 0.15) is 28.2 Å². The first-order valence-electron chi connectivity index (χ1n) is 9.80. The highest BCUT2D eigenvalue weighted by Crippen LogP contribution is 2.74. The van der Waals surface area contributed by atoms with Crippen molar-refractivity contribution in [1.82, 2.24) is 0 Å². The molecule has 1 aliphatic carbocycles. The Morgan fingerprint density at radius 2 is 0.821 bits per heavy atom.